The summed E-state index contributed by atoms with van der Waals surface area (Å²) in [5.41, 5.74) is 0.121. The van der Waals surface area contributed by atoms with E-state index in [2.05, 4.69) is 67.3 Å². The summed E-state index contributed by atoms with van der Waals surface area (Å²) < 4.78 is 6.06. The topological polar surface area (TPSA) is 21.3 Å². The largest absolute Gasteiger partial charge is 0.371 e. The summed E-state index contributed by atoms with van der Waals surface area (Å²) in [7, 11) is 0. The zero-order chi connectivity index (χ0) is 16.0. The third-order valence-corrected chi connectivity index (χ3v) is 4.73. The van der Waals surface area contributed by atoms with Crippen LogP contribution in [0.2, 0.25) is 0 Å². The Kier molecular flexibility index (Phi) is 7.48. The summed E-state index contributed by atoms with van der Waals surface area (Å²) in [5.74, 6) is 0.677. The molecule has 0 aliphatic heterocycles. The number of nitrogens with one attached hydrogen (secondary N) is 1. The van der Waals surface area contributed by atoms with Gasteiger partial charge in [-0.1, -0.05) is 47.6 Å². The summed E-state index contributed by atoms with van der Waals surface area (Å²) in [6, 6.07) is 0. The normalized spacial score (nSPS) is 15.2. The van der Waals surface area contributed by atoms with E-state index in [0.717, 1.165) is 19.7 Å². The lowest BCUT2D eigenvalue weighted by atomic mass is 9.64. The maximum Gasteiger partial charge on any atom is 0.0804 e. The van der Waals surface area contributed by atoms with Crippen molar-refractivity contribution in [2.24, 2.45) is 16.7 Å². The maximum absolute atomic E-state index is 6.06. The maximum atomic E-state index is 6.06. The van der Waals surface area contributed by atoms with E-state index in [-0.39, 0.29) is 16.4 Å². The molecule has 120 valence electrons. The van der Waals surface area contributed by atoms with Gasteiger partial charge in [0.2, 0.25) is 0 Å². The zero-order valence-electron chi connectivity index (χ0n) is 15.1. The summed E-state index contributed by atoms with van der Waals surface area (Å²) in [4.78, 5) is 0. The molecule has 0 aromatic carbocycles. The van der Waals surface area contributed by atoms with Gasteiger partial charge in [0.1, 0.15) is 0 Å². The van der Waals surface area contributed by atoms with Crippen LogP contribution in [0.5, 0.6) is 0 Å². The first-order valence-electron chi connectivity index (χ1n) is 7.95. The SMILES string of the molecule is C=CC(C)(C)OCC(C)(C)C(C)(C)CC(C)CNCC. The van der Waals surface area contributed by atoms with Gasteiger partial charge in [0.25, 0.3) is 0 Å². The van der Waals surface area contributed by atoms with E-state index in [1.165, 1.54) is 6.42 Å². The molecule has 0 amide bonds. The molecule has 0 fully saturated rings. The summed E-state index contributed by atoms with van der Waals surface area (Å²) in [6.07, 6.45) is 3.08. The highest BCUT2D eigenvalue weighted by atomic mass is 16.5. The standard InChI is InChI=1S/C18H37NO/c1-10-18(8,9)20-14-17(6,7)16(4,5)12-15(3)13-19-11-2/h10,15,19H,1,11-14H2,2-9H3. The molecule has 0 aromatic rings. The Balaban J connectivity index is 4.59. The predicted molar refractivity (Wildman–Crippen MR) is 90.1 cm³/mol. The van der Waals surface area contributed by atoms with E-state index in [1.54, 1.807) is 0 Å². The van der Waals surface area contributed by atoms with Crippen molar-refractivity contribution < 1.29 is 4.74 Å². The monoisotopic (exact) mass is 283 g/mol. The molecule has 0 rings (SSSR count). The minimum Gasteiger partial charge on any atom is -0.371 e. The van der Waals surface area contributed by atoms with Crippen molar-refractivity contribution in [3.63, 3.8) is 0 Å². The van der Waals surface area contributed by atoms with Crippen LogP contribution in [-0.4, -0.2) is 25.3 Å². The molecule has 0 saturated carbocycles. The average molecular weight is 284 g/mol. The lowest BCUT2D eigenvalue weighted by Crippen LogP contribution is -2.41. The minimum atomic E-state index is -0.247. The third-order valence-electron chi connectivity index (χ3n) is 4.73. The van der Waals surface area contributed by atoms with Gasteiger partial charge in [-0.2, -0.15) is 0 Å². The molecule has 1 atom stereocenters. The molecular weight excluding hydrogens is 246 g/mol. The van der Waals surface area contributed by atoms with Crippen molar-refractivity contribution in [3.8, 4) is 0 Å². The van der Waals surface area contributed by atoms with Gasteiger partial charge in [0, 0.05) is 0 Å². The lowest BCUT2D eigenvalue weighted by Gasteiger charge is -2.44. The molecule has 0 spiro atoms. The number of hydrogen-bond acceptors (Lipinski definition) is 2. The Bertz CT molecular complexity index is 292. The molecule has 2 heteroatoms. The zero-order valence-corrected chi connectivity index (χ0v) is 15.1. The molecular formula is C18H37NO. The smallest absolute Gasteiger partial charge is 0.0804 e. The molecule has 0 aliphatic rings. The van der Waals surface area contributed by atoms with Crippen LogP contribution in [0.25, 0.3) is 0 Å². The molecule has 0 saturated heterocycles. The second-order valence-electron chi connectivity index (χ2n) is 7.98. The van der Waals surface area contributed by atoms with E-state index in [1.807, 2.05) is 6.08 Å². The van der Waals surface area contributed by atoms with Crippen LogP contribution in [0, 0.1) is 16.7 Å². The van der Waals surface area contributed by atoms with Gasteiger partial charge in [0.05, 0.1) is 12.2 Å². The van der Waals surface area contributed by atoms with Crippen molar-refractivity contribution in [2.45, 2.75) is 67.4 Å². The van der Waals surface area contributed by atoms with E-state index in [0.29, 0.717) is 5.92 Å². The van der Waals surface area contributed by atoms with Crippen LogP contribution in [0.15, 0.2) is 12.7 Å². The van der Waals surface area contributed by atoms with Gasteiger partial charge >= 0.3 is 0 Å². The van der Waals surface area contributed by atoms with Crippen LogP contribution >= 0.6 is 0 Å². The molecule has 0 heterocycles. The van der Waals surface area contributed by atoms with E-state index in [4.69, 9.17) is 4.74 Å². The van der Waals surface area contributed by atoms with Crippen molar-refractivity contribution in [1.29, 1.82) is 0 Å². The van der Waals surface area contributed by atoms with Crippen LogP contribution in [0.3, 0.4) is 0 Å². The molecule has 1 N–H and O–H groups in total. The lowest BCUT2D eigenvalue weighted by molar-refractivity contribution is -0.0700. The van der Waals surface area contributed by atoms with E-state index >= 15 is 0 Å². The highest BCUT2D eigenvalue weighted by Gasteiger charge is 2.38. The highest BCUT2D eigenvalue weighted by Crippen LogP contribution is 2.44. The first-order chi connectivity index (χ1) is 8.97. The molecule has 20 heavy (non-hydrogen) atoms. The predicted octanol–water partition coefficient (Wildman–Crippen LogP) is 4.66. The van der Waals surface area contributed by atoms with Gasteiger partial charge < -0.3 is 10.1 Å². The number of ether oxygens (including phenoxy) is 1. The van der Waals surface area contributed by atoms with Gasteiger partial charge in [-0.25, -0.2) is 0 Å². The second kappa shape index (κ2) is 7.61. The van der Waals surface area contributed by atoms with E-state index < -0.39 is 0 Å². The van der Waals surface area contributed by atoms with Crippen LogP contribution in [0.1, 0.15) is 61.8 Å². The van der Waals surface area contributed by atoms with Crippen molar-refractivity contribution in [3.05, 3.63) is 12.7 Å². The fourth-order valence-electron chi connectivity index (χ4n) is 2.23. The Labute approximate surface area is 127 Å². The molecule has 0 radical (unpaired) electrons. The van der Waals surface area contributed by atoms with Gasteiger partial charge in [-0.05, 0) is 50.1 Å². The quantitative estimate of drug-likeness (QED) is 0.589. The molecule has 0 aromatic heterocycles. The highest BCUT2D eigenvalue weighted by molar-refractivity contribution is 4.92. The van der Waals surface area contributed by atoms with E-state index in [9.17, 15) is 0 Å². The Morgan fingerprint density at radius 2 is 1.65 bits per heavy atom. The molecule has 1 unspecified atom stereocenters. The van der Waals surface area contributed by atoms with Crippen LogP contribution in [-0.2, 0) is 4.74 Å². The summed E-state index contributed by atoms with van der Waals surface area (Å²) >= 11 is 0. The minimum absolute atomic E-state index is 0.133. The fourth-order valence-corrected chi connectivity index (χ4v) is 2.23. The van der Waals surface area contributed by atoms with Crippen molar-refractivity contribution in [2.75, 3.05) is 19.7 Å². The van der Waals surface area contributed by atoms with Gasteiger partial charge in [-0.15, -0.1) is 6.58 Å². The second-order valence-corrected chi connectivity index (χ2v) is 7.98. The van der Waals surface area contributed by atoms with Gasteiger partial charge in [-0.3, -0.25) is 0 Å². The number of rotatable bonds is 10. The average Bonchev–Trinajstić information content (AvgIpc) is 2.33. The summed E-state index contributed by atoms with van der Waals surface area (Å²) in [5, 5.41) is 3.44. The molecule has 0 aliphatic carbocycles. The Morgan fingerprint density at radius 3 is 2.10 bits per heavy atom. The summed E-state index contributed by atoms with van der Waals surface area (Å²) in [6.45, 7) is 24.7. The Hall–Kier alpha value is -0.340. The Morgan fingerprint density at radius 1 is 1.10 bits per heavy atom. The van der Waals surface area contributed by atoms with Crippen molar-refractivity contribution >= 4 is 0 Å². The molecule has 0 bridgehead atoms. The molecule has 2 nitrogen and oxygen atoms in total. The first-order valence-corrected chi connectivity index (χ1v) is 7.95. The first kappa shape index (κ1) is 19.7. The van der Waals surface area contributed by atoms with Crippen LogP contribution < -0.4 is 5.32 Å². The van der Waals surface area contributed by atoms with Crippen molar-refractivity contribution in [1.82, 2.24) is 5.32 Å². The number of hydrogen-bond donors (Lipinski definition) is 1. The van der Waals surface area contributed by atoms with Gasteiger partial charge in [0.15, 0.2) is 0 Å². The van der Waals surface area contributed by atoms with Crippen LogP contribution in [0.4, 0.5) is 0 Å². The fraction of sp³-hybridized carbons (Fsp3) is 0.889. The third kappa shape index (κ3) is 6.41.